The number of carboxylic acids is 2. The number of aliphatic carboxylic acids is 2. The van der Waals surface area contributed by atoms with E-state index in [2.05, 4.69) is 36.9 Å². The summed E-state index contributed by atoms with van der Waals surface area (Å²) < 4.78 is 0. The van der Waals surface area contributed by atoms with Crippen molar-refractivity contribution in [1.82, 2.24) is 31.9 Å². The Morgan fingerprint density at radius 3 is 1.75 bits per heavy atom. The molecule has 0 aromatic rings. The van der Waals surface area contributed by atoms with Gasteiger partial charge in [0.2, 0.25) is 41.4 Å². The molecule has 0 unspecified atom stereocenters. The highest BCUT2D eigenvalue weighted by Gasteiger charge is 2.33. The number of nitrogens with two attached hydrogens (primary N) is 4. The van der Waals surface area contributed by atoms with E-state index >= 15 is 0 Å². The Balaban J connectivity index is 5.78. The average Bonchev–Trinajstić information content (AvgIpc) is 3.08. The lowest BCUT2D eigenvalue weighted by atomic mass is 9.99. The van der Waals surface area contributed by atoms with Crippen LogP contribution in [0.25, 0.3) is 0 Å². The minimum atomic E-state index is -1.55. The smallest absolute Gasteiger partial charge is 0.326 e. The van der Waals surface area contributed by atoms with E-state index < -0.39 is 121 Å². The van der Waals surface area contributed by atoms with Crippen LogP contribution in [0.5, 0.6) is 0 Å². The van der Waals surface area contributed by atoms with Crippen molar-refractivity contribution in [1.29, 1.82) is 0 Å². The number of nitrogens with zero attached hydrogens (tertiary/aromatic N) is 1. The normalized spacial score (nSPS) is 14.2. The lowest BCUT2D eigenvalue weighted by Gasteiger charge is -2.28. The van der Waals surface area contributed by atoms with Crippen LogP contribution in [-0.4, -0.2) is 131 Å². The third kappa shape index (κ3) is 21.0. The Morgan fingerprint density at radius 2 is 1.24 bits per heavy atom. The van der Waals surface area contributed by atoms with Gasteiger partial charge in [0.25, 0.3) is 0 Å². The first-order valence-corrected chi connectivity index (χ1v) is 17.5. The molecule has 0 aromatic carbocycles. The van der Waals surface area contributed by atoms with Crippen LogP contribution in [0.3, 0.4) is 0 Å². The van der Waals surface area contributed by atoms with E-state index in [9.17, 15) is 58.5 Å². The molecule has 17 N–H and O–H groups in total. The fraction of sp³-hybridized carbons (Fsp3) is 0.688. The highest BCUT2D eigenvalue weighted by atomic mass is 16.4. The summed E-state index contributed by atoms with van der Waals surface area (Å²) >= 11 is 0. The highest BCUT2D eigenvalue weighted by Crippen LogP contribution is 2.10. The molecule has 0 saturated heterocycles. The lowest BCUT2D eigenvalue weighted by Crippen LogP contribution is -2.59. The Kier molecular flexibility index (Phi) is 22.9. The standard InChI is InChI=1S/C32H57N11O12/c1-15(2)12-20(29(52)43-25(16(3)4)30(53)40-19(31(54)55)6-5-11-37-32(35)36)41-28(51)18(8-10-24(47)48)39-23(46)13-38-27(50)21(14-44)42-26(49)17(33)7-9-22(34)45/h15-21,25,44H,5-14,33H2,1-4H3,(H2,34,45)(H,38,50)(H,39,46)(H,40,53)(H,41,51)(H,42,49)(H,43,52)(H,47,48)(H,54,55)(H4,35,36,37)/t17-,18-,19-,20-,21-,25-/m0/s1. The van der Waals surface area contributed by atoms with Gasteiger partial charge in [0, 0.05) is 19.4 Å². The van der Waals surface area contributed by atoms with E-state index in [1.54, 1.807) is 27.7 Å². The zero-order valence-corrected chi connectivity index (χ0v) is 31.5. The zero-order valence-electron chi connectivity index (χ0n) is 31.5. The first-order chi connectivity index (χ1) is 25.6. The van der Waals surface area contributed by atoms with Crippen molar-refractivity contribution in [3.8, 4) is 0 Å². The van der Waals surface area contributed by atoms with Crippen LogP contribution in [0.2, 0.25) is 0 Å². The summed E-state index contributed by atoms with van der Waals surface area (Å²) in [6.07, 6.45) is -1.14. The fourth-order valence-electron chi connectivity index (χ4n) is 4.76. The Hall–Kier alpha value is -5.58. The predicted octanol–water partition coefficient (Wildman–Crippen LogP) is -5.18. The Morgan fingerprint density at radius 1 is 0.655 bits per heavy atom. The zero-order chi connectivity index (χ0) is 42.4. The largest absolute Gasteiger partial charge is 0.481 e. The Labute approximate surface area is 317 Å². The maximum atomic E-state index is 13.5. The number of aliphatic hydroxyl groups is 1. The number of primary amides is 1. The van der Waals surface area contributed by atoms with Gasteiger partial charge in [0.05, 0.1) is 19.2 Å². The van der Waals surface area contributed by atoms with Crippen molar-refractivity contribution in [3.05, 3.63) is 0 Å². The van der Waals surface area contributed by atoms with Crippen LogP contribution in [0.1, 0.15) is 72.6 Å². The van der Waals surface area contributed by atoms with E-state index in [0.29, 0.717) is 0 Å². The number of guanidine groups is 1. The van der Waals surface area contributed by atoms with Crippen LogP contribution in [0, 0.1) is 11.8 Å². The first kappa shape index (κ1) is 49.4. The number of aliphatic imine (C=N–C) groups is 1. The number of nitrogens with one attached hydrogen (secondary N) is 6. The van der Waals surface area contributed by atoms with Crippen molar-refractivity contribution in [2.75, 3.05) is 19.7 Å². The third-order valence-corrected chi connectivity index (χ3v) is 7.72. The van der Waals surface area contributed by atoms with E-state index in [0.717, 1.165) is 0 Å². The van der Waals surface area contributed by atoms with Gasteiger partial charge in [-0.15, -0.1) is 0 Å². The number of rotatable bonds is 27. The molecule has 7 amide bonds. The van der Waals surface area contributed by atoms with E-state index in [4.69, 9.17) is 22.9 Å². The number of carbonyl (C=O) groups is 9. The molecular formula is C32H57N11O12. The summed E-state index contributed by atoms with van der Waals surface area (Å²) in [7, 11) is 0. The Bertz CT molecular complexity index is 1390. The fourth-order valence-corrected chi connectivity index (χ4v) is 4.76. The lowest BCUT2D eigenvalue weighted by molar-refractivity contribution is -0.143. The molecule has 23 heteroatoms. The average molecular weight is 788 g/mol. The molecule has 6 atom stereocenters. The van der Waals surface area contributed by atoms with Crippen LogP contribution in [-0.2, 0) is 43.2 Å². The monoisotopic (exact) mass is 787 g/mol. The summed E-state index contributed by atoms with van der Waals surface area (Å²) in [6.45, 7) is 5.11. The molecule has 55 heavy (non-hydrogen) atoms. The van der Waals surface area contributed by atoms with Crippen molar-refractivity contribution in [2.45, 2.75) is 109 Å². The van der Waals surface area contributed by atoms with Crippen molar-refractivity contribution in [3.63, 3.8) is 0 Å². The van der Waals surface area contributed by atoms with Crippen LogP contribution >= 0.6 is 0 Å². The molecule has 0 radical (unpaired) electrons. The molecule has 0 fully saturated rings. The summed E-state index contributed by atoms with van der Waals surface area (Å²) in [5.74, 6) is -9.76. The molecule has 0 aliphatic heterocycles. The third-order valence-electron chi connectivity index (χ3n) is 7.72. The predicted molar refractivity (Wildman–Crippen MR) is 195 cm³/mol. The first-order valence-electron chi connectivity index (χ1n) is 17.5. The number of amides is 7. The van der Waals surface area contributed by atoms with E-state index in [-0.39, 0.29) is 50.5 Å². The van der Waals surface area contributed by atoms with Gasteiger partial charge >= 0.3 is 11.9 Å². The van der Waals surface area contributed by atoms with Crippen LogP contribution in [0.4, 0.5) is 0 Å². The molecule has 0 heterocycles. The molecule has 0 spiro atoms. The molecule has 0 aliphatic carbocycles. The van der Waals surface area contributed by atoms with Gasteiger partial charge in [-0.2, -0.15) is 0 Å². The molecule has 0 saturated carbocycles. The summed E-state index contributed by atoms with van der Waals surface area (Å²) in [6, 6.07) is -8.19. The van der Waals surface area contributed by atoms with Gasteiger partial charge in [-0.1, -0.05) is 27.7 Å². The van der Waals surface area contributed by atoms with Crippen molar-refractivity contribution >= 4 is 59.2 Å². The number of hydrogen-bond acceptors (Lipinski definition) is 12. The second-order valence-electron chi connectivity index (χ2n) is 13.4. The van der Waals surface area contributed by atoms with Gasteiger partial charge in [-0.05, 0) is 43.9 Å². The van der Waals surface area contributed by atoms with Crippen molar-refractivity contribution in [2.24, 2.45) is 39.8 Å². The minimum Gasteiger partial charge on any atom is -0.481 e. The minimum absolute atomic E-state index is 0.0251. The van der Waals surface area contributed by atoms with Crippen LogP contribution in [0.15, 0.2) is 4.99 Å². The maximum Gasteiger partial charge on any atom is 0.326 e. The topological polar surface area (TPSA) is 403 Å². The number of carbonyl (C=O) groups excluding carboxylic acids is 7. The SMILES string of the molecule is CC(C)C[C@H](NC(=O)[C@H](CCC(=O)O)NC(=O)CNC(=O)[C@H](CO)NC(=O)[C@@H](N)CCC(N)=O)C(=O)N[C@H](C(=O)N[C@@H](CCCN=C(N)N)C(=O)O)C(C)C. The molecule has 0 rings (SSSR count). The second-order valence-corrected chi connectivity index (χ2v) is 13.4. The van der Waals surface area contributed by atoms with Gasteiger partial charge in [0.1, 0.15) is 30.2 Å². The molecule has 0 aromatic heterocycles. The van der Waals surface area contributed by atoms with E-state index in [1.807, 2.05) is 0 Å². The summed E-state index contributed by atoms with van der Waals surface area (Å²) in [4.78, 5) is 116. The number of carboxylic acid groups (broad SMARTS) is 2. The number of hydrogen-bond donors (Lipinski definition) is 13. The van der Waals surface area contributed by atoms with Gasteiger partial charge in [-0.25, -0.2) is 4.79 Å². The molecule has 312 valence electrons. The van der Waals surface area contributed by atoms with Gasteiger partial charge in [-0.3, -0.25) is 43.3 Å². The quantitative estimate of drug-likeness (QED) is 0.0210. The highest BCUT2D eigenvalue weighted by molar-refractivity contribution is 5.96. The van der Waals surface area contributed by atoms with Crippen LogP contribution < -0.4 is 54.8 Å². The summed E-state index contributed by atoms with van der Waals surface area (Å²) in [5, 5.41) is 42.5. The maximum absolute atomic E-state index is 13.5. The van der Waals surface area contributed by atoms with Gasteiger partial charge in [0.15, 0.2) is 5.96 Å². The molecule has 23 nitrogen and oxygen atoms in total. The van der Waals surface area contributed by atoms with Crippen molar-refractivity contribution < 1.29 is 58.5 Å². The second kappa shape index (κ2) is 25.4. The molecule has 0 bridgehead atoms. The molecule has 0 aliphatic rings. The van der Waals surface area contributed by atoms with E-state index in [1.165, 1.54) is 0 Å². The molecular weight excluding hydrogens is 730 g/mol. The summed E-state index contributed by atoms with van der Waals surface area (Å²) in [5.41, 5.74) is 21.2. The van der Waals surface area contributed by atoms with Gasteiger partial charge < -0.3 is 70.2 Å². The number of aliphatic hydroxyl groups excluding tert-OH is 1.